The maximum absolute atomic E-state index is 14.0. The zero-order chi connectivity index (χ0) is 45.8. The number of hydrogen-bond donors (Lipinski definition) is 2. The molecule has 3 aromatic carbocycles. The Balaban J connectivity index is 0.905. The number of hydrogen-bond acceptors (Lipinski definition) is 8. The number of ether oxygens (including phenoxy) is 2. The third-order valence-electron chi connectivity index (χ3n) is 15.1. The zero-order valence-electron chi connectivity index (χ0n) is 39.1. The molecule has 12 nitrogen and oxygen atoms in total. The summed E-state index contributed by atoms with van der Waals surface area (Å²) in [4.78, 5) is 66.0. The van der Waals surface area contributed by atoms with Crippen LogP contribution in [0.15, 0.2) is 70.8 Å². The molecule has 12 heteroatoms. The maximum atomic E-state index is 14.0. The summed E-state index contributed by atoms with van der Waals surface area (Å²) >= 11 is 0. The fourth-order valence-electron chi connectivity index (χ4n) is 11.5. The van der Waals surface area contributed by atoms with Crippen molar-refractivity contribution in [2.75, 3.05) is 27.3 Å². The Hall–Kier alpha value is -5.78. The molecule has 0 aromatic heterocycles. The molecule has 4 amide bonds. The third-order valence-corrected chi connectivity index (χ3v) is 15.1. The Morgan fingerprint density at radius 2 is 1.26 bits per heavy atom. The molecule has 8 atom stereocenters. The van der Waals surface area contributed by atoms with Gasteiger partial charge in [0.05, 0.1) is 32.0 Å². The minimum absolute atomic E-state index is 0.0821. The summed E-state index contributed by atoms with van der Waals surface area (Å²) in [6.45, 7) is 13.4. The highest BCUT2D eigenvalue weighted by molar-refractivity contribution is 6.04. The minimum Gasteiger partial charge on any atom is -0.453 e. The summed E-state index contributed by atoms with van der Waals surface area (Å²) < 4.78 is 9.68. The highest BCUT2D eigenvalue weighted by Crippen LogP contribution is 2.56. The number of rotatable bonds is 11. The molecule has 1 saturated carbocycles. The van der Waals surface area contributed by atoms with Gasteiger partial charge in [-0.3, -0.25) is 19.6 Å². The van der Waals surface area contributed by atoms with Gasteiger partial charge in [-0.2, -0.15) is 0 Å². The predicted octanol–water partition coefficient (Wildman–Crippen LogP) is 9.12. The molecule has 9 rings (SSSR count). The second-order valence-corrected chi connectivity index (χ2v) is 20.3. The number of carbonyl (C=O) groups excluding carboxylic acids is 4. The first-order valence-corrected chi connectivity index (χ1v) is 23.8. The molecule has 3 fully saturated rings. The average molecular weight is 881 g/mol. The molecule has 4 heterocycles. The van der Waals surface area contributed by atoms with Crippen molar-refractivity contribution in [2.45, 2.75) is 117 Å². The molecular weight excluding hydrogens is 817 g/mol. The number of alkyl carbamates (subject to hydrolysis) is 2. The van der Waals surface area contributed by atoms with E-state index in [9.17, 15) is 19.2 Å². The third kappa shape index (κ3) is 8.38. The second-order valence-electron chi connectivity index (χ2n) is 20.3. The largest absolute Gasteiger partial charge is 0.453 e. The van der Waals surface area contributed by atoms with E-state index in [0.717, 1.165) is 47.5 Å². The van der Waals surface area contributed by atoms with Crippen molar-refractivity contribution in [1.29, 1.82) is 0 Å². The zero-order valence-corrected chi connectivity index (χ0v) is 39.1. The van der Waals surface area contributed by atoms with E-state index in [-0.39, 0.29) is 35.7 Å². The summed E-state index contributed by atoms with van der Waals surface area (Å²) in [5.41, 5.74) is 14.5. The number of amides is 4. The molecule has 0 spiro atoms. The number of nitrogens with zero attached hydrogens (tertiary/aromatic N) is 4. The molecule has 2 unspecified atom stereocenters. The van der Waals surface area contributed by atoms with Gasteiger partial charge in [-0.15, -0.1) is 0 Å². The summed E-state index contributed by atoms with van der Waals surface area (Å²) in [7, 11) is 2.64. The number of fused-ring (bicyclic) bond motifs is 4. The van der Waals surface area contributed by atoms with Gasteiger partial charge >= 0.3 is 12.2 Å². The molecule has 65 heavy (non-hydrogen) atoms. The van der Waals surface area contributed by atoms with E-state index >= 15 is 0 Å². The van der Waals surface area contributed by atoms with E-state index in [1.54, 1.807) is 0 Å². The van der Waals surface area contributed by atoms with E-state index < -0.39 is 24.3 Å². The molecule has 0 bridgehead atoms. The van der Waals surface area contributed by atoms with Gasteiger partial charge < -0.3 is 29.9 Å². The summed E-state index contributed by atoms with van der Waals surface area (Å²) in [6, 6.07) is 18.8. The van der Waals surface area contributed by atoms with Crippen LogP contribution in [0.5, 0.6) is 0 Å². The number of methoxy groups -OCH3 is 2. The lowest BCUT2D eigenvalue weighted by Gasteiger charge is -2.31. The van der Waals surface area contributed by atoms with Gasteiger partial charge in [-0.1, -0.05) is 84.0 Å². The number of allylic oxidation sites excluding steroid dienone is 1. The fraction of sp³-hybridized carbons (Fsp3) is 0.509. The number of likely N-dealkylation sites (tertiary alicyclic amines) is 2. The number of aliphatic imine (C=N–C) groups is 2. The lowest BCUT2D eigenvalue weighted by Crippen LogP contribution is -2.53. The van der Waals surface area contributed by atoms with Crippen LogP contribution in [0, 0.1) is 29.6 Å². The molecule has 342 valence electrons. The summed E-state index contributed by atoms with van der Waals surface area (Å²) in [5, 5.41) is 5.54. The second kappa shape index (κ2) is 17.9. The highest BCUT2D eigenvalue weighted by atomic mass is 16.5. The molecule has 2 saturated heterocycles. The van der Waals surface area contributed by atoms with Gasteiger partial charge in [0.1, 0.15) is 12.1 Å². The van der Waals surface area contributed by atoms with E-state index in [1.165, 1.54) is 66.0 Å². The number of carbonyl (C=O) groups is 4. The van der Waals surface area contributed by atoms with Crippen molar-refractivity contribution in [1.82, 2.24) is 20.4 Å². The van der Waals surface area contributed by atoms with Crippen LogP contribution in [-0.2, 0) is 31.9 Å². The van der Waals surface area contributed by atoms with Crippen LogP contribution >= 0.6 is 0 Å². The summed E-state index contributed by atoms with van der Waals surface area (Å²) in [5.74, 6) is 1.56. The monoisotopic (exact) mass is 880 g/mol. The van der Waals surface area contributed by atoms with Crippen molar-refractivity contribution in [2.24, 2.45) is 39.6 Å². The van der Waals surface area contributed by atoms with E-state index in [2.05, 4.69) is 79.1 Å². The quantitative estimate of drug-likeness (QED) is 0.197. The first-order chi connectivity index (χ1) is 31.2. The van der Waals surface area contributed by atoms with Gasteiger partial charge in [-0.05, 0) is 130 Å². The molecule has 6 aliphatic rings. The van der Waals surface area contributed by atoms with E-state index in [0.29, 0.717) is 49.6 Å². The molecule has 4 aliphatic heterocycles. The van der Waals surface area contributed by atoms with Gasteiger partial charge in [0, 0.05) is 43.6 Å². The van der Waals surface area contributed by atoms with Crippen LogP contribution in [0.25, 0.3) is 27.8 Å². The van der Waals surface area contributed by atoms with E-state index in [4.69, 9.17) is 19.5 Å². The van der Waals surface area contributed by atoms with Gasteiger partial charge in [0.2, 0.25) is 11.8 Å². The Morgan fingerprint density at radius 1 is 0.692 bits per heavy atom. The predicted molar refractivity (Wildman–Crippen MR) is 254 cm³/mol. The Labute approximate surface area is 383 Å². The van der Waals surface area contributed by atoms with Crippen LogP contribution in [0.2, 0.25) is 0 Å². The molecular formula is C53H64N6O6. The molecule has 0 radical (unpaired) electrons. The van der Waals surface area contributed by atoms with Gasteiger partial charge in [-0.25, -0.2) is 9.59 Å². The molecule has 3 aromatic rings. The van der Waals surface area contributed by atoms with Gasteiger partial charge in [0.25, 0.3) is 0 Å². The van der Waals surface area contributed by atoms with Gasteiger partial charge in [0.15, 0.2) is 0 Å². The summed E-state index contributed by atoms with van der Waals surface area (Å²) in [6.07, 6.45) is 7.42. The van der Waals surface area contributed by atoms with Crippen molar-refractivity contribution in [3.63, 3.8) is 0 Å². The average Bonchev–Trinajstić information content (AvgIpc) is 4.13. The Bertz CT molecular complexity index is 2490. The smallest absolute Gasteiger partial charge is 0.407 e. The normalized spacial score (nSPS) is 25.0. The van der Waals surface area contributed by atoms with Crippen LogP contribution in [0.3, 0.4) is 0 Å². The van der Waals surface area contributed by atoms with Crippen LogP contribution in [-0.4, -0.2) is 96.7 Å². The van der Waals surface area contributed by atoms with E-state index in [1.807, 2.05) is 43.7 Å². The Morgan fingerprint density at radius 3 is 1.83 bits per heavy atom. The van der Waals surface area contributed by atoms with Crippen LogP contribution in [0.4, 0.5) is 15.3 Å². The lowest BCUT2D eigenvalue weighted by molar-refractivity contribution is -0.135. The topological polar surface area (TPSA) is 142 Å². The first kappa shape index (κ1) is 44.4. The van der Waals surface area contributed by atoms with Crippen molar-refractivity contribution in [3.05, 3.63) is 83.1 Å². The van der Waals surface area contributed by atoms with Crippen molar-refractivity contribution in [3.8, 4) is 22.3 Å². The molecule has 2 aliphatic carbocycles. The SMILES string of the molecule is COC(=O)N[C@H](C(=O)N1C[C@@H](C)C[C@H]1C1=NC=C(c2ccc(-c3ccc(-c4ccc5c(c4)CC([C@@H]4C[C@H](C)CN4C(=O)[C@@H](NC(=O)OC)C(C)C)=N5)c4c3C3CCC3C4)cc2)C1)C(C)C. The fourth-order valence-corrected chi connectivity index (χ4v) is 11.5. The highest BCUT2D eigenvalue weighted by Gasteiger charge is 2.44. The van der Waals surface area contributed by atoms with Crippen LogP contribution < -0.4 is 10.6 Å². The maximum Gasteiger partial charge on any atom is 0.407 e. The Kier molecular flexibility index (Phi) is 12.2. The lowest BCUT2D eigenvalue weighted by atomic mass is 9.73. The minimum atomic E-state index is -0.669. The van der Waals surface area contributed by atoms with Crippen LogP contribution in [0.1, 0.15) is 102 Å². The molecule has 2 N–H and O–H groups in total. The first-order valence-electron chi connectivity index (χ1n) is 23.8. The number of nitrogens with one attached hydrogen (secondary N) is 2. The number of benzene rings is 3. The van der Waals surface area contributed by atoms with Crippen molar-refractivity contribution < 1.29 is 28.7 Å². The van der Waals surface area contributed by atoms with Crippen molar-refractivity contribution >= 4 is 46.7 Å². The standard InChI is InChI=1S/C53H64N6O6/c1-28(2)48(56-52(62)64-7)50(60)58-26-30(5)19-45(58)43-24-37(25-54-43)32-9-11-33(12-10-32)39-17-16-38(41-22-35-13-15-40(35)47(39)41)34-14-18-42-36(21-34)23-44(55-42)46-20-31(6)27-59(46)51(61)49(29(3)4)57-53(63)65-8/h9-12,14,16-18,21,25,28-31,35,40,45-46,48-49H,13,15,19-20,22-24,26-27H2,1-8H3,(H,56,62)(H,57,63)/t30-,31-,35?,40?,45-,46-,48-,49-/m0/s1.